The Morgan fingerprint density at radius 1 is 1.54 bits per heavy atom. The normalized spacial score (nSPS) is 35.0. The predicted molar refractivity (Wildman–Crippen MR) is 51.3 cm³/mol. The van der Waals surface area contributed by atoms with E-state index in [1.165, 1.54) is 31.5 Å². The Labute approximate surface area is 78.8 Å². The fraction of sp³-hybridized carbons (Fsp3) is 0.700. The summed E-state index contributed by atoms with van der Waals surface area (Å²) < 4.78 is 0. The SMILES string of the molecule is CNC(=O)/C=C1/CN2CCC1CC2. The van der Waals surface area contributed by atoms with Gasteiger partial charge in [-0.25, -0.2) is 0 Å². The van der Waals surface area contributed by atoms with Crippen LogP contribution >= 0.6 is 0 Å². The summed E-state index contributed by atoms with van der Waals surface area (Å²) in [5.41, 5.74) is 1.33. The van der Waals surface area contributed by atoms with Gasteiger partial charge in [0.2, 0.25) is 5.91 Å². The Kier molecular flexibility index (Phi) is 2.36. The molecule has 1 amide bonds. The van der Waals surface area contributed by atoms with E-state index < -0.39 is 0 Å². The van der Waals surface area contributed by atoms with E-state index in [4.69, 9.17) is 0 Å². The van der Waals surface area contributed by atoms with Gasteiger partial charge in [-0.1, -0.05) is 0 Å². The lowest BCUT2D eigenvalue weighted by molar-refractivity contribution is -0.116. The molecule has 0 radical (unpaired) electrons. The number of carbonyl (C=O) groups excluding carboxylic acids is 1. The van der Waals surface area contributed by atoms with Crippen LogP contribution in [-0.4, -0.2) is 37.5 Å². The van der Waals surface area contributed by atoms with Crippen LogP contribution < -0.4 is 5.32 Å². The average molecular weight is 180 g/mol. The van der Waals surface area contributed by atoms with E-state index in [0.29, 0.717) is 5.92 Å². The average Bonchev–Trinajstić information content (AvgIpc) is 2.19. The first kappa shape index (κ1) is 8.75. The van der Waals surface area contributed by atoms with E-state index in [0.717, 1.165) is 6.54 Å². The van der Waals surface area contributed by atoms with E-state index in [2.05, 4.69) is 10.2 Å². The van der Waals surface area contributed by atoms with Crippen LogP contribution in [0.15, 0.2) is 11.6 Å². The van der Waals surface area contributed by atoms with Crippen molar-refractivity contribution in [1.29, 1.82) is 0 Å². The maximum Gasteiger partial charge on any atom is 0.243 e. The second kappa shape index (κ2) is 3.50. The molecule has 1 N–H and O–H groups in total. The number of hydrogen-bond acceptors (Lipinski definition) is 2. The molecule has 3 heterocycles. The zero-order valence-electron chi connectivity index (χ0n) is 8.05. The summed E-state index contributed by atoms with van der Waals surface area (Å²) in [7, 11) is 1.68. The molecule has 0 atom stereocenters. The van der Waals surface area contributed by atoms with Crippen molar-refractivity contribution in [2.45, 2.75) is 12.8 Å². The van der Waals surface area contributed by atoms with Crippen molar-refractivity contribution in [1.82, 2.24) is 10.2 Å². The molecule has 3 heteroatoms. The van der Waals surface area contributed by atoms with E-state index in [1.807, 2.05) is 0 Å². The fourth-order valence-electron chi connectivity index (χ4n) is 2.25. The molecule has 13 heavy (non-hydrogen) atoms. The maximum atomic E-state index is 11.2. The van der Waals surface area contributed by atoms with Gasteiger partial charge in [0.15, 0.2) is 0 Å². The topological polar surface area (TPSA) is 32.3 Å². The minimum absolute atomic E-state index is 0.0451. The molecule has 0 spiro atoms. The number of nitrogens with zero attached hydrogens (tertiary/aromatic N) is 1. The third-order valence-electron chi connectivity index (χ3n) is 3.08. The Balaban J connectivity index is 2.08. The van der Waals surface area contributed by atoms with Crippen LogP contribution in [0.4, 0.5) is 0 Å². The lowest BCUT2D eigenvalue weighted by Gasteiger charge is -2.40. The van der Waals surface area contributed by atoms with Crippen LogP contribution in [0.1, 0.15) is 12.8 Å². The van der Waals surface area contributed by atoms with Crippen molar-refractivity contribution in [3.8, 4) is 0 Å². The fourth-order valence-corrected chi connectivity index (χ4v) is 2.25. The molecule has 3 fully saturated rings. The third kappa shape index (κ3) is 1.75. The monoisotopic (exact) mass is 180 g/mol. The van der Waals surface area contributed by atoms with E-state index in [-0.39, 0.29) is 5.91 Å². The summed E-state index contributed by atoms with van der Waals surface area (Å²) in [6, 6.07) is 0. The van der Waals surface area contributed by atoms with Gasteiger partial charge in [-0.3, -0.25) is 9.69 Å². The minimum atomic E-state index is 0.0451. The van der Waals surface area contributed by atoms with Crippen molar-refractivity contribution in [3.63, 3.8) is 0 Å². The summed E-state index contributed by atoms with van der Waals surface area (Å²) in [6.07, 6.45) is 4.27. The zero-order valence-corrected chi connectivity index (χ0v) is 8.05. The highest BCUT2D eigenvalue weighted by atomic mass is 16.1. The minimum Gasteiger partial charge on any atom is -0.356 e. The van der Waals surface area contributed by atoms with Crippen molar-refractivity contribution in [2.75, 3.05) is 26.7 Å². The molecule has 0 aromatic rings. The molecule has 0 unspecified atom stereocenters. The number of rotatable bonds is 1. The molecule has 3 aliphatic heterocycles. The van der Waals surface area contributed by atoms with Crippen molar-refractivity contribution >= 4 is 5.91 Å². The lowest BCUT2D eigenvalue weighted by atomic mass is 9.83. The Morgan fingerprint density at radius 3 is 2.69 bits per heavy atom. The molecular formula is C10H16N2O. The van der Waals surface area contributed by atoms with E-state index >= 15 is 0 Å². The molecular weight excluding hydrogens is 164 g/mol. The first-order chi connectivity index (χ1) is 6.29. The molecule has 0 aromatic heterocycles. The second-order valence-corrected chi connectivity index (χ2v) is 3.88. The first-order valence-electron chi connectivity index (χ1n) is 4.94. The van der Waals surface area contributed by atoms with Gasteiger partial charge in [0, 0.05) is 19.7 Å². The molecule has 3 saturated heterocycles. The lowest BCUT2D eigenvalue weighted by Crippen LogP contribution is -2.43. The zero-order chi connectivity index (χ0) is 9.26. The Morgan fingerprint density at radius 2 is 2.23 bits per heavy atom. The van der Waals surface area contributed by atoms with Crippen LogP contribution in [-0.2, 0) is 4.79 Å². The van der Waals surface area contributed by atoms with Gasteiger partial charge in [-0.2, -0.15) is 0 Å². The van der Waals surface area contributed by atoms with Gasteiger partial charge < -0.3 is 5.32 Å². The van der Waals surface area contributed by atoms with Gasteiger partial charge >= 0.3 is 0 Å². The molecule has 3 aliphatic rings. The van der Waals surface area contributed by atoms with Crippen LogP contribution in [0.5, 0.6) is 0 Å². The first-order valence-corrected chi connectivity index (χ1v) is 4.94. The number of carbonyl (C=O) groups is 1. The highest BCUT2D eigenvalue weighted by molar-refractivity contribution is 5.88. The summed E-state index contributed by atoms with van der Waals surface area (Å²) in [5, 5.41) is 2.64. The molecule has 72 valence electrons. The molecule has 3 nitrogen and oxygen atoms in total. The van der Waals surface area contributed by atoms with Crippen molar-refractivity contribution < 1.29 is 4.79 Å². The quantitative estimate of drug-likeness (QED) is 0.592. The molecule has 0 aromatic carbocycles. The third-order valence-corrected chi connectivity index (χ3v) is 3.08. The number of nitrogens with one attached hydrogen (secondary N) is 1. The summed E-state index contributed by atoms with van der Waals surface area (Å²) in [4.78, 5) is 13.6. The van der Waals surface area contributed by atoms with Crippen LogP contribution in [0, 0.1) is 5.92 Å². The smallest absolute Gasteiger partial charge is 0.243 e. The number of fused-ring (bicyclic) bond motifs is 3. The van der Waals surface area contributed by atoms with Gasteiger partial charge in [0.25, 0.3) is 0 Å². The number of amides is 1. The Bertz CT molecular complexity index is 239. The van der Waals surface area contributed by atoms with E-state index in [9.17, 15) is 4.79 Å². The summed E-state index contributed by atoms with van der Waals surface area (Å²) in [5.74, 6) is 0.728. The maximum absolute atomic E-state index is 11.2. The second-order valence-electron chi connectivity index (χ2n) is 3.88. The van der Waals surface area contributed by atoms with Crippen LogP contribution in [0.25, 0.3) is 0 Å². The highest BCUT2D eigenvalue weighted by Gasteiger charge is 2.29. The molecule has 0 saturated carbocycles. The Hall–Kier alpha value is -0.830. The standard InChI is InChI=1S/C10H16N2O/c1-11-10(13)6-9-7-12-4-2-8(9)3-5-12/h6,8H,2-5,7H2,1H3,(H,11,13)/b9-6-. The summed E-state index contributed by atoms with van der Waals surface area (Å²) in [6.45, 7) is 3.45. The molecule has 0 aliphatic carbocycles. The predicted octanol–water partition coefficient (Wildman–Crippen LogP) is 0.384. The number of likely N-dealkylation sites (N-methyl/N-ethyl adjacent to an activating group) is 1. The van der Waals surface area contributed by atoms with E-state index in [1.54, 1.807) is 13.1 Å². The van der Waals surface area contributed by atoms with Gasteiger partial charge in [-0.05, 0) is 37.4 Å². The van der Waals surface area contributed by atoms with Gasteiger partial charge in [-0.15, -0.1) is 0 Å². The van der Waals surface area contributed by atoms with Gasteiger partial charge in [0.05, 0.1) is 0 Å². The van der Waals surface area contributed by atoms with Crippen LogP contribution in [0.3, 0.4) is 0 Å². The van der Waals surface area contributed by atoms with Crippen LogP contribution in [0.2, 0.25) is 0 Å². The molecule has 3 rings (SSSR count). The van der Waals surface area contributed by atoms with Crippen molar-refractivity contribution in [2.24, 2.45) is 5.92 Å². The van der Waals surface area contributed by atoms with Crippen molar-refractivity contribution in [3.05, 3.63) is 11.6 Å². The molecule has 2 bridgehead atoms. The van der Waals surface area contributed by atoms with Gasteiger partial charge in [0.1, 0.15) is 0 Å². The largest absolute Gasteiger partial charge is 0.356 e. The highest BCUT2D eigenvalue weighted by Crippen LogP contribution is 2.31. The summed E-state index contributed by atoms with van der Waals surface area (Å²) >= 11 is 0. The number of hydrogen-bond donors (Lipinski definition) is 1. The number of piperidine rings is 3.